The van der Waals surface area contributed by atoms with E-state index >= 15 is 0 Å². The first kappa shape index (κ1) is 44.3. The number of nitrogens with zero attached hydrogens (tertiary/aromatic N) is 2. The number of aromatic nitrogens is 1. The Labute approximate surface area is 400 Å². The minimum absolute atomic E-state index is 0.266. The lowest BCUT2D eigenvalue weighted by Gasteiger charge is -2.03. The largest absolute Gasteiger partial charge is 0.486 e. The predicted molar refractivity (Wildman–Crippen MR) is 283 cm³/mol. The Morgan fingerprint density at radius 1 is 0.562 bits per heavy atom. The van der Waals surface area contributed by atoms with Crippen molar-refractivity contribution in [1.29, 1.82) is 0 Å². The molecule has 0 aliphatic rings. The molecule has 7 aromatic heterocycles. The van der Waals surface area contributed by atoms with Crippen molar-refractivity contribution in [1.82, 2.24) is 4.57 Å². The molecule has 7 heterocycles. The molecule has 0 atom stereocenters. The first-order valence-electron chi connectivity index (χ1n) is 22.4. The third-order valence-electron chi connectivity index (χ3n) is 11.8. The van der Waals surface area contributed by atoms with Crippen molar-refractivity contribution in [2.75, 3.05) is 0 Å². The molecular formula is C54H50N2O2S6. The van der Waals surface area contributed by atoms with Gasteiger partial charge in [0, 0.05) is 86.9 Å². The van der Waals surface area contributed by atoms with E-state index in [-0.39, 0.29) is 5.70 Å². The van der Waals surface area contributed by atoms with Crippen LogP contribution in [0.4, 0.5) is 0 Å². The van der Waals surface area contributed by atoms with Crippen molar-refractivity contribution >= 4 is 102 Å². The van der Waals surface area contributed by atoms with E-state index in [2.05, 4.69) is 121 Å². The summed E-state index contributed by atoms with van der Waals surface area (Å²) in [7, 11) is 0. The van der Waals surface area contributed by atoms with E-state index < -0.39 is 5.97 Å². The van der Waals surface area contributed by atoms with Gasteiger partial charge >= 0.3 is 5.97 Å². The average Bonchev–Trinajstić information content (AvgIpc) is 4.17. The minimum atomic E-state index is -1.19. The van der Waals surface area contributed by atoms with Crippen LogP contribution in [-0.2, 0) is 24.2 Å². The van der Waals surface area contributed by atoms with E-state index in [1.807, 2.05) is 57.5 Å². The molecule has 324 valence electrons. The van der Waals surface area contributed by atoms with Gasteiger partial charge in [0.15, 0.2) is 0 Å². The van der Waals surface area contributed by atoms with E-state index in [9.17, 15) is 9.90 Å². The highest BCUT2D eigenvalue weighted by Gasteiger charge is 2.21. The zero-order valence-electron chi connectivity index (χ0n) is 36.4. The number of unbranched alkanes of at least 4 members (excludes halogenated alkanes) is 6. The fraction of sp³-hybridized carbons (Fsp3) is 0.259. The van der Waals surface area contributed by atoms with Crippen LogP contribution in [-0.4, -0.2) is 15.6 Å². The summed E-state index contributed by atoms with van der Waals surface area (Å²) in [5.74, 6) is -1.19. The van der Waals surface area contributed by atoms with Crippen LogP contribution < -0.4 is 0 Å². The number of carboxylic acid groups (broad SMARTS) is 1. The van der Waals surface area contributed by atoms with Crippen LogP contribution in [0.15, 0.2) is 109 Å². The second kappa shape index (κ2) is 20.1. The lowest BCUT2D eigenvalue weighted by molar-refractivity contribution is -0.132. The Morgan fingerprint density at radius 3 is 1.67 bits per heavy atom. The van der Waals surface area contributed by atoms with Gasteiger partial charge in [-0.2, -0.15) is 0 Å². The molecule has 10 heteroatoms. The highest BCUT2D eigenvalue weighted by molar-refractivity contribution is 7.31. The van der Waals surface area contributed by atoms with E-state index in [0.29, 0.717) is 0 Å². The Balaban J connectivity index is 1.02. The lowest BCUT2D eigenvalue weighted by atomic mass is 10.0. The first-order chi connectivity index (χ1) is 31.3. The Morgan fingerprint density at radius 2 is 1.09 bits per heavy atom. The normalized spacial score (nSPS) is 11.9. The molecule has 64 heavy (non-hydrogen) atoms. The number of benzene rings is 2. The van der Waals surface area contributed by atoms with Gasteiger partial charge in [-0.05, 0) is 134 Å². The zero-order valence-corrected chi connectivity index (χ0v) is 41.3. The topological polar surface area (TPSA) is 46.6 Å². The van der Waals surface area contributed by atoms with Crippen LogP contribution in [0.5, 0.6) is 0 Å². The number of carbonyl (C=O) groups is 1. The molecule has 4 nitrogen and oxygen atoms in total. The molecule has 0 unspecified atom stereocenters. The highest BCUT2D eigenvalue weighted by atomic mass is 32.1. The summed E-state index contributed by atoms with van der Waals surface area (Å²) in [5, 5.41) is 12.0. The Bertz CT molecular complexity index is 3150. The summed E-state index contributed by atoms with van der Waals surface area (Å²) in [4.78, 5) is 29.7. The number of aliphatic carboxylic acids is 1. The van der Waals surface area contributed by atoms with Crippen LogP contribution in [0, 0.1) is 6.57 Å². The number of fused-ring (bicyclic) bond motifs is 3. The van der Waals surface area contributed by atoms with E-state index in [4.69, 9.17) is 6.57 Å². The fourth-order valence-corrected chi connectivity index (χ4v) is 15.5. The highest BCUT2D eigenvalue weighted by Crippen LogP contribution is 2.50. The third kappa shape index (κ3) is 9.30. The van der Waals surface area contributed by atoms with E-state index in [1.165, 1.54) is 151 Å². The maximum Gasteiger partial charge on any atom is 0.333 e. The summed E-state index contributed by atoms with van der Waals surface area (Å²) in [5.41, 5.74) is 6.51. The molecule has 9 rings (SSSR count). The number of carboxylic acids is 1. The van der Waals surface area contributed by atoms with E-state index in [0.717, 1.165) is 34.0 Å². The van der Waals surface area contributed by atoms with Crippen molar-refractivity contribution in [2.45, 2.75) is 91.5 Å². The summed E-state index contributed by atoms with van der Waals surface area (Å²) in [6.45, 7) is 15.0. The molecule has 0 fully saturated rings. The van der Waals surface area contributed by atoms with Crippen molar-refractivity contribution < 1.29 is 9.90 Å². The van der Waals surface area contributed by atoms with Crippen molar-refractivity contribution in [3.05, 3.63) is 136 Å². The third-order valence-corrected chi connectivity index (χ3v) is 19.5. The first-order valence-corrected chi connectivity index (χ1v) is 27.3. The maximum atomic E-state index is 11.5. The van der Waals surface area contributed by atoms with E-state index in [1.54, 1.807) is 11.3 Å². The smallest absolute Gasteiger partial charge is 0.333 e. The van der Waals surface area contributed by atoms with Crippen LogP contribution >= 0.6 is 68.0 Å². The summed E-state index contributed by atoms with van der Waals surface area (Å²) in [6, 6.07) is 38.5. The molecule has 0 bridgehead atoms. The molecule has 2 aromatic carbocycles. The van der Waals surface area contributed by atoms with Crippen LogP contribution in [0.3, 0.4) is 0 Å². The number of aryl methyl sites for hydroxylation is 3. The van der Waals surface area contributed by atoms with Crippen molar-refractivity contribution in [3.8, 4) is 59.2 Å². The fourth-order valence-electron chi connectivity index (χ4n) is 8.57. The molecule has 1 N–H and O–H groups in total. The number of rotatable bonds is 19. The maximum absolute atomic E-state index is 11.5. The van der Waals surface area contributed by atoms with Crippen LogP contribution in [0.1, 0.15) is 88.1 Å². The predicted octanol–water partition coefficient (Wildman–Crippen LogP) is 18.8. The van der Waals surface area contributed by atoms with Gasteiger partial charge in [-0.3, -0.25) is 4.79 Å². The van der Waals surface area contributed by atoms with Gasteiger partial charge < -0.3 is 9.67 Å². The Kier molecular flexibility index (Phi) is 13.9. The second-order valence-electron chi connectivity index (χ2n) is 16.2. The van der Waals surface area contributed by atoms with Gasteiger partial charge in [-0.25, -0.2) is 4.85 Å². The Hall–Kier alpha value is -4.86. The van der Waals surface area contributed by atoms with Crippen molar-refractivity contribution in [3.63, 3.8) is 0 Å². The number of hydrogen-bond donors (Lipinski definition) is 1. The number of thiophene rings is 6. The molecule has 9 aromatic rings. The molecular weight excluding hydrogens is 901 g/mol. The molecule has 0 radical (unpaired) electrons. The van der Waals surface area contributed by atoms with Gasteiger partial charge in [0.2, 0.25) is 0 Å². The summed E-state index contributed by atoms with van der Waals surface area (Å²) < 4.78 is 2.42. The minimum Gasteiger partial charge on any atom is -0.486 e. The quantitative estimate of drug-likeness (QED) is 0.0499. The summed E-state index contributed by atoms with van der Waals surface area (Å²) in [6.07, 6.45) is 13.5. The number of para-hydroxylation sites is 1. The van der Waals surface area contributed by atoms with Crippen LogP contribution in [0.2, 0.25) is 0 Å². The lowest BCUT2D eigenvalue weighted by Crippen LogP contribution is -1.94. The number of hydrogen-bond acceptors (Lipinski definition) is 7. The van der Waals surface area contributed by atoms with Gasteiger partial charge in [0.1, 0.15) is 0 Å². The molecule has 0 saturated heterocycles. The molecule has 0 amide bonds. The standard InChI is InChI=1S/C54H50N2O2S6/c1-5-8-10-12-16-35-31-50(63-52(35)48-28-26-45(61-48)44-23-21-37(59-44)33-40(55-4)54(57)58)51-32-36(17-13-11-9-6-2)53(64-51)49-29-27-47(62-49)46-25-24-43(60-46)34-20-22-42-39(30-34)38-18-14-15-19-41(38)56(42)7-3/h14-15,18-33H,5-13,16-17H2,1-3H3,(H,57,58). The second-order valence-corrected chi connectivity index (χ2v) is 22.7. The monoisotopic (exact) mass is 950 g/mol. The van der Waals surface area contributed by atoms with Gasteiger partial charge in [-0.15, -0.1) is 68.0 Å². The van der Waals surface area contributed by atoms with Crippen molar-refractivity contribution in [2.24, 2.45) is 0 Å². The molecule has 0 aliphatic heterocycles. The molecule has 0 spiro atoms. The zero-order chi connectivity index (χ0) is 44.2. The average molecular weight is 951 g/mol. The molecule has 0 aliphatic carbocycles. The van der Waals surface area contributed by atoms with Gasteiger partial charge in [0.05, 0.1) is 6.57 Å². The van der Waals surface area contributed by atoms with Gasteiger partial charge in [-0.1, -0.05) is 76.6 Å². The summed E-state index contributed by atoms with van der Waals surface area (Å²) >= 11 is 11.1. The molecule has 0 saturated carbocycles. The van der Waals surface area contributed by atoms with Gasteiger partial charge in [0.25, 0.3) is 5.70 Å². The van der Waals surface area contributed by atoms with Crippen LogP contribution in [0.25, 0.3) is 91.9 Å². The SMILES string of the molecule is [C-]#[N+]C(=Cc1ccc(-c2ccc(-c3sc(-c4cc(CCCCCC)c(-c5ccc(-c6ccc(-c7ccc8c(c7)c7ccccc7n8CC)s6)s5)s4)cc3CCCCCC)s2)s1)C(=O)O.